The molecule has 1 aliphatic heterocycles. The first-order valence-electron chi connectivity index (χ1n) is 6.51. The van der Waals surface area contributed by atoms with Gasteiger partial charge >= 0.3 is 0 Å². The molecule has 1 N–H and O–H groups in total. The third-order valence-electron chi connectivity index (χ3n) is 3.66. The SMILES string of the molecule is Cn1cc(C2(O)CCN(Cc3ccccc3)C2)nn1. The Hall–Kier alpha value is -1.72. The summed E-state index contributed by atoms with van der Waals surface area (Å²) in [7, 11) is 1.82. The molecule has 1 fully saturated rings. The first-order chi connectivity index (χ1) is 9.16. The Kier molecular flexibility index (Phi) is 3.08. The number of benzene rings is 1. The molecule has 1 aromatic carbocycles. The number of aromatic nitrogens is 3. The van der Waals surface area contributed by atoms with Gasteiger partial charge in [-0.15, -0.1) is 5.10 Å². The molecule has 1 saturated heterocycles. The molecule has 1 atom stereocenters. The van der Waals surface area contributed by atoms with E-state index in [0.717, 1.165) is 13.1 Å². The van der Waals surface area contributed by atoms with E-state index in [-0.39, 0.29) is 0 Å². The van der Waals surface area contributed by atoms with Crippen LogP contribution in [-0.2, 0) is 19.2 Å². The van der Waals surface area contributed by atoms with Crippen LogP contribution in [-0.4, -0.2) is 38.1 Å². The highest BCUT2D eigenvalue weighted by molar-refractivity contribution is 5.16. The molecule has 0 radical (unpaired) electrons. The van der Waals surface area contributed by atoms with Gasteiger partial charge in [0.15, 0.2) is 0 Å². The molecular weight excluding hydrogens is 240 g/mol. The van der Waals surface area contributed by atoms with Crippen molar-refractivity contribution in [2.45, 2.75) is 18.6 Å². The number of β-amino-alcohol motifs (C(OH)–C–C–N with tert-alkyl or cyclic N) is 1. The lowest BCUT2D eigenvalue weighted by Gasteiger charge is -2.21. The molecule has 1 aliphatic rings. The van der Waals surface area contributed by atoms with Gasteiger partial charge in [0.2, 0.25) is 0 Å². The third-order valence-corrected chi connectivity index (χ3v) is 3.66. The van der Waals surface area contributed by atoms with Gasteiger partial charge in [-0.2, -0.15) is 0 Å². The topological polar surface area (TPSA) is 54.2 Å². The minimum Gasteiger partial charge on any atom is -0.382 e. The molecule has 2 aromatic rings. The first-order valence-corrected chi connectivity index (χ1v) is 6.51. The van der Waals surface area contributed by atoms with Crippen molar-refractivity contribution in [2.24, 2.45) is 7.05 Å². The number of rotatable bonds is 3. The molecule has 0 aliphatic carbocycles. The molecule has 0 amide bonds. The first kappa shape index (κ1) is 12.3. The van der Waals surface area contributed by atoms with Crippen molar-refractivity contribution >= 4 is 0 Å². The molecule has 100 valence electrons. The molecule has 0 spiro atoms. The highest BCUT2D eigenvalue weighted by Gasteiger charge is 2.39. The average molecular weight is 258 g/mol. The van der Waals surface area contributed by atoms with Crippen LogP contribution in [0.1, 0.15) is 17.7 Å². The fourth-order valence-corrected chi connectivity index (χ4v) is 2.62. The van der Waals surface area contributed by atoms with Crippen molar-refractivity contribution in [2.75, 3.05) is 13.1 Å². The molecule has 5 heteroatoms. The summed E-state index contributed by atoms with van der Waals surface area (Å²) in [6.45, 7) is 2.35. The van der Waals surface area contributed by atoms with E-state index >= 15 is 0 Å². The second-order valence-electron chi connectivity index (χ2n) is 5.26. The maximum absolute atomic E-state index is 10.7. The van der Waals surface area contributed by atoms with Crippen molar-refractivity contribution < 1.29 is 5.11 Å². The molecular formula is C14H18N4O. The maximum atomic E-state index is 10.7. The molecule has 0 saturated carbocycles. The van der Waals surface area contributed by atoms with Crippen LogP contribution in [0.2, 0.25) is 0 Å². The quantitative estimate of drug-likeness (QED) is 0.889. The van der Waals surface area contributed by atoms with Gasteiger partial charge in [0.05, 0.1) is 6.20 Å². The van der Waals surface area contributed by atoms with Gasteiger partial charge in [0, 0.05) is 26.7 Å². The van der Waals surface area contributed by atoms with Crippen LogP contribution >= 0.6 is 0 Å². The van der Waals surface area contributed by atoms with Crippen LogP contribution in [0.4, 0.5) is 0 Å². The van der Waals surface area contributed by atoms with Crippen molar-refractivity contribution in [3.8, 4) is 0 Å². The summed E-state index contributed by atoms with van der Waals surface area (Å²) in [5.74, 6) is 0. The van der Waals surface area contributed by atoms with Crippen molar-refractivity contribution in [1.82, 2.24) is 19.9 Å². The number of aliphatic hydroxyl groups is 1. The summed E-state index contributed by atoms with van der Waals surface area (Å²) in [6, 6.07) is 10.3. The number of hydrogen-bond donors (Lipinski definition) is 1. The van der Waals surface area contributed by atoms with Gasteiger partial charge in [-0.25, -0.2) is 0 Å². The van der Waals surface area contributed by atoms with Crippen LogP contribution < -0.4 is 0 Å². The smallest absolute Gasteiger partial charge is 0.124 e. The minimum atomic E-state index is -0.858. The Morgan fingerprint density at radius 1 is 1.32 bits per heavy atom. The van der Waals surface area contributed by atoms with Gasteiger partial charge in [0.25, 0.3) is 0 Å². The number of aryl methyl sites for hydroxylation is 1. The average Bonchev–Trinajstić information content (AvgIpc) is 2.99. The van der Waals surface area contributed by atoms with Crippen molar-refractivity contribution in [1.29, 1.82) is 0 Å². The van der Waals surface area contributed by atoms with E-state index in [1.807, 2.05) is 25.2 Å². The molecule has 1 aromatic heterocycles. The zero-order valence-corrected chi connectivity index (χ0v) is 11.0. The van der Waals surface area contributed by atoms with E-state index in [1.54, 1.807) is 10.9 Å². The van der Waals surface area contributed by atoms with Crippen molar-refractivity contribution in [3.05, 3.63) is 47.8 Å². The molecule has 1 unspecified atom stereocenters. The monoisotopic (exact) mass is 258 g/mol. The minimum absolute atomic E-state index is 0.612. The highest BCUT2D eigenvalue weighted by atomic mass is 16.3. The highest BCUT2D eigenvalue weighted by Crippen LogP contribution is 2.31. The molecule has 3 rings (SSSR count). The van der Waals surface area contributed by atoms with E-state index in [2.05, 4.69) is 27.3 Å². The Balaban J connectivity index is 1.70. The summed E-state index contributed by atoms with van der Waals surface area (Å²) in [5, 5.41) is 18.6. The van der Waals surface area contributed by atoms with Crippen LogP contribution in [0.5, 0.6) is 0 Å². The van der Waals surface area contributed by atoms with E-state index in [9.17, 15) is 5.11 Å². The number of likely N-dealkylation sites (tertiary alicyclic amines) is 1. The fourth-order valence-electron chi connectivity index (χ4n) is 2.62. The van der Waals surface area contributed by atoms with E-state index in [0.29, 0.717) is 18.7 Å². The Morgan fingerprint density at radius 3 is 2.79 bits per heavy atom. The Morgan fingerprint density at radius 2 is 2.11 bits per heavy atom. The fraction of sp³-hybridized carbons (Fsp3) is 0.429. The predicted molar refractivity (Wildman–Crippen MR) is 71.2 cm³/mol. The summed E-state index contributed by atoms with van der Waals surface area (Å²) >= 11 is 0. The van der Waals surface area contributed by atoms with E-state index in [4.69, 9.17) is 0 Å². The second-order valence-corrected chi connectivity index (χ2v) is 5.26. The van der Waals surface area contributed by atoms with Gasteiger partial charge in [-0.05, 0) is 12.0 Å². The lowest BCUT2D eigenvalue weighted by atomic mass is 10.00. The zero-order chi connectivity index (χ0) is 13.3. The van der Waals surface area contributed by atoms with Gasteiger partial charge in [-0.3, -0.25) is 9.58 Å². The molecule has 19 heavy (non-hydrogen) atoms. The van der Waals surface area contributed by atoms with Gasteiger partial charge < -0.3 is 5.11 Å². The second kappa shape index (κ2) is 4.75. The Labute approximate surface area is 112 Å². The standard InChI is InChI=1S/C14H18N4O/c1-17-10-13(15-16-17)14(19)7-8-18(11-14)9-12-5-3-2-4-6-12/h2-6,10,19H,7-9,11H2,1H3. The predicted octanol–water partition coefficient (Wildman–Crippen LogP) is 0.909. The molecule has 2 heterocycles. The lowest BCUT2D eigenvalue weighted by molar-refractivity contribution is 0.0408. The van der Waals surface area contributed by atoms with Crippen LogP contribution in [0.3, 0.4) is 0 Å². The van der Waals surface area contributed by atoms with E-state index in [1.165, 1.54) is 5.56 Å². The zero-order valence-electron chi connectivity index (χ0n) is 11.0. The van der Waals surface area contributed by atoms with Gasteiger partial charge in [0.1, 0.15) is 11.3 Å². The van der Waals surface area contributed by atoms with Crippen LogP contribution in [0.25, 0.3) is 0 Å². The van der Waals surface area contributed by atoms with Crippen molar-refractivity contribution in [3.63, 3.8) is 0 Å². The number of hydrogen-bond acceptors (Lipinski definition) is 4. The molecule has 5 nitrogen and oxygen atoms in total. The number of nitrogens with zero attached hydrogens (tertiary/aromatic N) is 4. The molecule has 0 bridgehead atoms. The van der Waals surface area contributed by atoms with Crippen LogP contribution in [0.15, 0.2) is 36.5 Å². The van der Waals surface area contributed by atoms with E-state index < -0.39 is 5.60 Å². The third kappa shape index (κ3) is 2.52. The summed E-state index contributed by atoms with van der Waals surface area (Å²) in [6.07, 6.45) is 2.50. The normalized spacial score (nSPS) is 23.9. The maximum Gasteiger partial charge on any atom is 0.124 e. The summed E-state index contributed by atoms with van der Waals surface area (Å²) in [5.41, 5.74) is 1.08. The Bertz CT molecular complexity index is 554. The summed E-state index contributed by atoms with van der Waals surface area (Å²) < 4.78 is 1.63. The lowest BCUT2D eigenvalue weighted by Crippen LogP contribution is -2.31. The van der Waals surface area contributed by atoms with Crippen LogP contribution in [0, 0.1) is 0 Å². The van der Waals surface area contributed by atoms with Gasteiger partial charge in [-0.1, -0.05) is 35.5 Å². The summed E-state index contributed by atoms with van der Waals surface area (Å²) in [4.78, 5) is 2.25. The largest absolute Gasteiger partial charge is 0.382 e.